The summed E-state index contributed by atoms with van der Waals surface area (Å²) < 4.78 is 0. The molecule has 0 bridgehead atoms. The predicted octanol–water partition coefficient (Wildman–Crippen LogP) is 2.44. The average Bonchev–Trinajstić information content (AvgIpc) is 2.25. The molecule has 1 atom stereocenters. The number of benzene rings is 1. The first-order valence-corrected chi connectivity index (χ1v) is 5.64. The Kier molecular flexibility index (Phi) is 4.78. The van der Waals surface area contributed by atoms with Crippen LogP contribution in [0.4, 0.5) is 0 Å². The third-order valence-electron chi connectivity index (χ3n) is 2.18. The molecular weight excluding hydrogens is 265 g/mol. The minimum Gasteiger partial charge on any atom is -0.481 e. The molecule has 0 aliphatic heterocycles. The summed E-state index contributed by atoms with van der Waals surface area (Å²) in [7, 11) is 0. The summed E-state index contributed by atoms with van der Waals surface area (Å²) >= 11 is 11.7. The molecular formula is C11H11Cl2NO3. The number of hydrogen-bond acceptors (Lipinski definition) is 2. The molecule has 0 spiro atoms. The molecule has 6 heteroatoms. The van der Waals surface area contributed by atoms with Gasteiger partial charge in [-0.2, -0.15) is 0 Å². The number of carbonyl (C=O) groups excluding carboxylic acids is 1. The van der Waals surface area contributed by atoms with E-state index in [1.165, 1.54) is 6.92 Å². The Hall–Kier alpha value is -1.26. The van der Waals surface area contributed by atoms with Gasteiger partial charge >= 0.3 is 5.97 Å². The van der Waals surface area contributed by atoms with E-state index < -0.39 is 17.8 Å². The first kappa shape index (κ1) is 13.8. The highest BCUT2D eigenvalue weighted by molar-refractivity contribution is 6.39. The van der Waals surface area contributed by atoms with Gasteiger partial charge in [-0.25, -0.2) is 0 Å². The lowest BCUT2D eigenvalue weighted by Gasteiger charge is -2.10. The van der Waals surface area contributed by atoms with Crippen LogP contribution >= 0.6 is 23.2 Å². The van der Waals surface area contributed by atoms with Crippen molar-refractivity contribution in [3.05, 3.63) is 33.8 Å². The van der Waals surface area contributed by atoms with Gasteiger partial charge in [0.1, 0.15) is 0 Å². The third kappa shape index (κ3) is 3.61. The second-order valence-corrected chi connectivity index (χ2v) is 4.36. The van der Waals surface area contributed by atoms with Crippen LogP contribution in [0.15, 0.2) is 18.2 Å². The van der Waals surface area contributed by atoms with Gasteiger partial charge < -0.3 is 10.4 Å². The summed E-state index contributed by atoms with van der Waals surface area (Å²) in [6.07, 6.45) is 0. The average molecular weight is 276 g/mol. The fraction of sp³-hybridized carbons (Fsp3) is 0.273. The number of carboxylic acid groups (broad SMARTS) is 1. The van der Waals surface area contributed by atoms with E-state index in [0.717, 1.165) is 0 Å². The van der Waals surface area contributed by atoms with Gasteiger partial charge in [0.15, 0.2) is 0 Å². The van der Waals surface area contributed by atoms with Gasteiger partial charge in [-0.1, -0.05) is 36.2 Å². The topological polar surface area (TPSA) is 66.4 Å². The largest absolute Gasteiger partial charge is 0.481 e. The van der Waals surface area contributed by atoms with Crippen molar-refractivity contribution in [1.29, 1.82) is 0 Å². The number of hydrogen-bond donors (Lipinski definition) is 2. The van der Waals surface area contributed by atoms with Crippen LogP contribution in [-0.2, 0) is 4.79 Å². The number of nitrogens with one attached hydrogen (secondary N) is 1. The number of amides is 1. The molecule has 0 heterocycles. The molecule has 92 valence electrons. The van der Waals surface area contributed by atoms with Crippen molar-refractivity contribution in [1.82, 2.24) is 5.32 Å². The van der Waals surface area contributed by atoms with E-state index >= 15 is 0 Å². The molecule has 0 saturated carbocycles. The van der Waals surface area contributed by atoms with E-state index in [1.807, 2.05) is 0 Å². The molecule has 1 amide bonds. The van der Waals surface area contributed by atoms with Crippen LogP contribution in [-0.4, -0.2) is 23.5 Å². The zero-order chi connectivity index (χ0) is 13.0. The highest BCUT2D eigenvalue weighted by Crippen LogP contribution is 2.23. The van der Waals surface area contributed by atoms with Crippen LogP contribution in [0.25, 0.3) is 0 Å². The Morgan fingerprint density at radius 3 is 2.35 bits per heavy atom. The Morgan fingerprint density at radius 1 is 1.35 bits per heavy atom. The summed E-state index contributed by atoms with van der Waals surface area (Å²) in [6, 6.07) is 4.72. The zero-order valence-electron chi connectivity index (χ0n) is 9.04. The van der Waals surface area contributed by atoms with E-state index in [1.54, 1.807) is 18.2 Å². The molecule has 1 aromatic carbocycles. The summed E-state index contributed by atoms with van der Waals surface area (Å²) in [5, 5.41) is 11.6. The van der Waals surface area contributed by atoms with Crippen molar-refractivity contribution >= 4 is 35.1 Å². The van der Waals surface area contributed by atoms with E-state index in [0.29, 0.717) is 0 Å². The molecule has 17 heavy (non-hydrogen) atoms. The molecule has 0 radical (unpaired) electrons. The van der Waals surface area contributed by atoms with E-state index in [9.17, 15) is 9.59 Å². The third-order valence-corrected chi connectivity index (χ3v) is 2.81. The summed E-state index contributed by atoms with van der Waals surface area (Å²) in [5.74, 6) is -2.12. The minimum absolute atomic E-state index is 0.0235. The molecule has 0 aliphatic rings. The molecule has 0 saturated heterocycles. The Bertz CT molecular complexity index is 428. The first-order valence-electron chi connectivity index (χ1n) is 4.88. The SMILES string of the molecule is CC(CNC(=O)c1c(Cl)cccc1Cl)C(=O)O. The van der Waals surface area contributed by atoms with E-state index in [2.05, 4.69) is 5.32 Å². The monoisotopic (exact) mass is 275 g/mol. The number of halogens is 2. The number of carboxylic acids is 1. The zero-order valence-corrected chi connectivity index (χ0v) is 10.5. The summed E-state index contributed by atoms with van der Waals surface area (Å²) in [5.41, 5.74) is 0.161. The van der Waals surface area contributed by atoms with Gasteiger partial charge in [-0.3, -0.25) is 9.59 Å². The maximum Gasteiger partial charge on any atom is 0.308 e. The summed E-state index contributed by atoms with van der Waals surface area (Å²) in [6.45, 7) is 1.52. The van der Waals surface area contributed by atoms with Gasteiger partial charge in [0.2, 0.25) is 0 Å². The Balaban J connectivity index is 2.74. The lowest BCUT2D eigenvalue weighted by Crippen LogP contribution is -2.31. The fourth-order valence-corrected chi connectivity index (χ4v) is 1.71. The van der Waals surface area contributed by atoms with Gasteiger partial charge in [-0.15, -0.1) is 0 Å². The van der Waals surface area contributed by atoms with Crippen molar-refractivity contribution in [2.24, 2.45) is 5.92 Å². The molecule has 0 aliphatic carbocycles. The normalized spacial score (nSPS) is 11.9. The van der Waals surface area contributed by atoms with Crippen LogP contribution in [0.2, 0.25) is 10.0 Å². The Labute approximate surface area is 109 Å². The van der Waals surface area contributed by atoms with Gasteiger partial charge in [0.25, 0.3) is 5.91 Å². The second kappa shape index (κ2) is 5.89. The Morgan fingerprint density at radius 2 is 1.88 bits per heavy atom. The molecule has 0 fully saturated rings. The standard InChI is InChI=1S/C11H11Cl2NO3/c1-6(11(16)17)5-14-10(15)9-7(12)3-2-4-8(9)13/h2-4,6H,5H2,1H3,(H,14,15)(H,16,17). The van der Waals surface area contributed by atoms with Gasteiger partial charge in [-0.05, 0) is 12.1 Å². The van der Waals surface area contributed by atoms with E-state index in [-0.39, 0.29) is 22.2 Å². The first-order chi connectivity index (χ1) is 7.93. The number of aliphatic carboxylic acids is 1. The highest BCUT2D eigenvalue weighted by atomic mass is 35.5. The van der Waals surface area contributed by atoms with Crippen molar-refractivity contribution in [3.8, 4) is 0 Å². The van der Waals surface area contributed by atoms with Crippen LogP contribution in [0.1, 0.15) is 17.3 Å². The highest BCUT2D eigenvalue weighted by Gasteiger charge is 2.17. The van der Waals surface area contributed by atoms with Crippen molar-refractivity contribution < 1.29 is 14.7 Å². The fourth-order valence-electron chi connectivity index (χ4n) is 1.14. The maximum absolute atomic E-state index is 11.7. The van der Waals surface area contributed by atoms with Crippen LogP contribution in [0, 0.1) is 5.92 Å². The lowest BCUT2D eigenvalue weighted by molar-refractivity contribution is -0.140. The molecule has 1 aromatic rings. The molecule has 0 aromatic heterocycles. The number of carbonyl (C=O) groups is 2. The van der Waals surface area contributed by atoms with Crippen molar-refractivity contribution in [3.63, 3.8) is 0 Å². The van der Waals surface area contributed by atoms with Crippen LogP contribution < -0.4 is 5.32 Å². The van der Waals surface area contributed by atoms with Crippen LogP contribution in [0.5, 0.6) is 0 Å². The van der Waals surface area contributed by atoms with Crippen molar-refractivity contribution in [2.75, 3.05) is 6.54 Å². The molecule has 2 N–H and O–H groups in total. The molecule has 1 rings (SSSR count). The van der Waals surface area contributed by atoms with Crippen molar-refractivity contribution in [2.45, 2.75) is 6.92 Å². The van der Waals surface area contributed by atoms with Gasteiger partial charge in [0, 0.05) is 6.54 Å². The summed E-state index contributed by atoms with van der Waals surface area (Å²) in [4.78, 5) is 22.3. The van der Waals surface area contributed by atoms with Gasteiger partial charge in [0.05, 0.1) is 21.5 Å². The predicted molar refractivity (Wildman–Crippen MR) is 65.6 cm³/mol. The second-order valence-electron chi connectivity index (χ2n) is 3.55. The van der Waals surface area contributed by atoms with Crippen LogP contribution in [0.3, 0.4) is 0 Å². The number of rotatable bonds is 4. The maximum atomic E-state index is 11.7. The minimum atomic E-state index is -0.976. The molecule has 4 nitrogen and oxygen atoms in total. The quantitative estimate of drug-likeness (QED) is 0.887. The van der Waals surface area contributed by atoms with E-state index in [4.69, 9.17) is 28.3 Å². The lowest BCUT2D eigenvalue weighted by atomic mass is 10.1. The smallest absolute Gasteiger partial charge is 0.308 e. The molecule has 1 unspecified atom stereocenters.